The highest BCUT2D eigenvalue weighted by Gasteiger charge is 2.50. The van der Waals surface area contributed by atoms with Gasteiger partial charge in [0.25, 0.3) is 0 Å². The molecule has 2 saturated carbocycles. The molecule has 8 nitrogen and oxygen atoms in total. The van der Waals surface area contributed by atoms with Gasteiger partial charge in [-0.1, -0.05) is 36.4 Å². The van der Waals surface area contributed by atoms with E-state index in [9.17, 15) is 19.8 Å². The Labute approximate surface area is 232 Å². The molecule has 0 radical (unpaired) electrons. The lowest BCUT2D eigenvalue weighted by molar-refractivity contribution is -0.141. The molecule has 0 aliphatic heterocycles. The SMILES string of the molecule is CN(CCC(=O)Nc1cccc(O)c1)C[C@]1(N(C=O)CC2(O)CCC2)CC[C@@](c2ccccc2)(N(C)C)CC1. The predicted molar refractivity (Wildman–Crippen MR) is 153 cm³/mol. The van der Waals surface area contributed by atoms with Gasteiger partial charge in [0.15, 0.2) is 0 Å². The Balaban J connectivity index is 1.48. The number of aliphatic hydroxyl groups is 1. The number of amides is 2. The highest BCUT2D eigenvalue weighted by molar-refractivity contribution is 5.90. The number of aromatic hydroxyl groups is 1. The second kappa shape index (κ2) is 12.1. The van der Waals surface area contributed by atoms with Gasteiger partial charge in [0.05, 0.1) is 11.1 Å². The molecule has 2 aliphatic carbocycles. The highest BCUT2D eigenvalue weighted by Crippen LogP contribution is 2.47. The number of nitrogens with zero attached hydrogens (tertiary/aromatic N) is 3. The number of β-amino-alcohol motifs (C(OH)–C–C–N with tert-alkyl or cyclic N) is 1. The molecule has 2 aliphatic rings. The van der Waals surface area contributed by atoms with E-state index in [1.165, 1.54) is 11.6 Å². The fraction of sp³-hybridized carbons (Fsp3) is 0.548. The molecule has 0 saturated heterocycles. The molecule has 2 amide bonds. The maximum atomic E-state index is 12.6. The summed E-state index contributed by atoms with van der Waals surface area (Å²) in [7, 11) is 6.26. The van der Waals surface area contributed by atoms with Crippen molar-refractivity contribution in [2.24, 2.45) is 0 Å². The largest absolute Gasteiger partial charge is 0.508 e. The molecular weight excluding hydrogens is 492 g/mol. The van der Waals surface area contributed by atoms with Crippen LogP contribution in [-0.4, -0.2) is 89.1 Å². The lowest BCUT2D eigenvalue weighted by Gasteiger charge is -2.55. The molecule has 3 N–H and O–H groups in total. The van der Waals surface area contributed by atoms with Crippen LogP contribution in [0.25, 0.3) is 0 Å². The van der Waals surface area contributed by atoms with Crippen LogP contribution in [0.3, 0.4) is 0 Å². The smallest absolute Gasteiger partial charge is 0.225 e. The maximum Gasteiger partial charge on any atom is 0.225 e. The average molecular weight is 537 g/mol. The number of benzene rings is 2. The first-order valence-electron chi connectivity index (χ1n) is 14.0. The Bertz CT molecular complexity index is 1110. The van der Waals surface area contributed by atoms with Crippen molar-refractivity contribution in [3.63, 3.8) is 0 Å². The van der Waals surface area contributed by atoms with Gasteiger partial charge in [-0.25, -0.2) is 0 Å². The molecule has 0 heterocycles. The Kier molecular flexibility index (Phi) is 8.99. The number of hydrogen-bond donors (Lipinski definition) is 3. The molecule has 0 aromatic heterocycles. The topological polar surface area (TPSA) is 96.4 Å². The fourth-order valence-corrected chi connectivity index (χ4v) is 6.47. The Morgan fingerprint density at radius 2 is 1.64 bits per heavy atom. The van der Waals surface area contributed by atoms with Gasteiger partial charge >= 0.3 is 0 Å². The number of rotatable bonds is 12. The maximum absolute atomic E-state index is 12.6. The second-order valence-corrected chi connectivity index (χ2v) is 11.9. The number of carbonyl (C=O) groups excluding carboxylic acids is 2. The van der Waals surface area contributed by atoms with Crippen molar-refractivity contribution in [1.82, 2.24) is 14.7 Å². The number of nitrogens with one attached hydrogen (secondary N) is 1. The Hall–Kier alpha value is -2.94. The van der Waals surface area contributed by atoms with Gasteiger partial charge in [0.2, 0.25) is 12.3 Å². The van der Waals surface area contributed by atoms with Gasteiger partial charge in [-0.05, 0) is 83.8 Å². The molecule has 212 valence electrons. The van der Waals surface area contributed by atoms with Gasteiger partial charge in [-0.2, -0.15) is 0 Å². The molecular formula is C31H44N4O4. The number of likely N-dealkylation sites (N-methyl/N-ethyl adjacent to an activating group) is 1. The van der Waals surface area contributed by atoms with E-state index in [-0.39, 0.29) is 17.2 Å². The zero-order chi connectivity index (χ0) is 28.1. The number of carbonyl (C=O) groups is 2. The van der Waals surface area contributed by atoms with Gasteiger partial charge in [-0.3, -0.25) is 14.5 Å². The third-order valence-electron chi connectivity index (χ3n) is 9.08. The van der Waals surface area contributed by atoms with Crippen LogP contribution in [0.15, 0.2) is 54.6 Å². The van der Waals surface area contributed by atoms with Crippen molar-refractivity contribution < 1.29 is 19.8 Å². The molecule has 2 aromatic carbocycles. The molecule has 2 aromatic rings. The van der Waals surface area contributed by atoms with E-state index >= 15 is 0 Å². The molecule has 4 rings (SSSR count). The van der Waals surface area contributed by atoms with E-state index in [1.807, 2.05) is 18.0 Å². The summed E-state index contributed by atoms with van der Waals surface area (Å²) in [5.74, 6) is -0.0209. The third-order valence-corrected chi connectivity index (χ3v) is 9.08. The van der Waals surface area contributed by atoms with Gasteiger partial charge in [0.1, 0.15) is 5.75 Å². The van der Waals surface area contributed by atoms with E-state index in [0.717, 1.165) is 51.4 Å². The van der Waals surface area contributed by atoms with Gasteiger partial charge in [0, 0.05) is 43.3 Å². The Morgan fingerprint density at radius 1 is 0.949 bits per heavy atom. The summed E-state index contributed by atoms with van der Waals surface area (Å²) in [5.41, 5.74) is 0.497. The summed E-state index contributed by atoms with van der Waals surface area (Å²) in [5, 5.41) is 23.5. The van der Waals surface area contributed by atoms with Crippen LogP contribution in [-0.2, 0) is 15.1 Å². The minimum Gasteiger partial charge on any atom is -0.508 e. The van der Waals surface area contributed by atoms with Gasteiger partial charge < -0.3 is 25.3 Å². The van der Waals surface area contributed by atoms with Gasteiger partial charge in [-0.15, -0.1) is 0 Å². The summed E-state index contributed by atoms with van der Waals surface area (Å²) in [6.07, 6.45) is 7.04. The third kappa shape index (κ3) is 6.62. The first-order valence-corrected chi connectivity index (χ1v) is 14.0. The van der Waals surface area contributed by atoms with E-state index in [0.29, 0.717) is 31.7 Å². The zero-order valence-corrected chi connectivity index (χ0v) is 23.6. The highest BCUT2D eigenvalue weighted by atomic mass is 16.3. The molecule has 2 fully saturated rings. The quantitative estimate of drug-likeness (QED) is 0.357. The van der Waals surface area contributed by atoms with E-state index in [4.69, 9.17) is 0 Å². The lowest BCUT2D eigenvalue weighted by Crippen LogP contribution is -2.63. The minimum atomic E-state index is -0.802. The second-order valence-electron chi connectivity index (χ2n) is 11.9. The number of anilines is 1. The summed E-state index contributed by atoms with van der Waals surface area (Å²) in [6, 6.07) is 17.1. The van der Waals surface area contributed by atoms with Crippen molar-refractivity contribution in [1.29, 1.82) is 0 Å². The summed E-state index contributed by atoms with van der Waals surface area (Å²) in [4.78, 5) is 31.5. The number of hydrogen-bond acceptors (Lipinski definition) is 6. The standard InChI is InChI=1S/C31H44N4O4/c1-33(2)31(25-9-5-4-6-10-25)18-16-29(17-19-31,35(24-36)23-30(39)14-8-15-30)22-34(3)20-13-28(38)32-26-11-7-12-27(37)21-26/h4-7,9-12,21,24,37,39H,8,13-20,22-23H2,1-3H3,(H,32,38)/t29-,31+. The molecule has 8 heteroatoms. The van der Waals surface area contributed by atoms with Crippen molar-refractivity contribution in [2.45, 2.75) is 68.0 Å². The zero-order valence-electron chi connectivity index (χ0n) is 23.6. The number of phenolic OH excluding ortho intramolecular Hbond substituents is 1. The van der Waals surface area contributed by atoms with Crippen molar-refractivity contribution in [2.75, 3.05) is 46.1 Å². The average Bonchev–Trinajstić information content (AvgIpc) is 2.90. The number of phenols is 1. The summed E-state index contributed by atoms with van der Waals surface area (Å²) in [6.45, 7) is 1.50. The molecule has 0 unspecified atom stereocenters. The van der Waals surface area contributed by atoms with E-state index in [1.54, 1.807) is 18.2 Å². The fourth-order valence-electron chi connectivity index (χ4n) is 6.47. The van der Waals surface area contributed by atoms with Crippen LogP contribution in [0.5, 0.6) is 5.75 Å². The predicted octanol–water partition coefficient (Wildman–Crippen LogP) is 3.80. The van der Waals surface area contributed by atoms with Crippen LogP contribution in [0.4, 0.5) is 5.69 Å². The van der Waals surface area contributed by atoms with Crippen molar-refractivity contribution in [3.8, 4) is 5.75 Å². The Morgan fingerprint density at radius 3 is 2.21 bits per heavy atom. The van der Waals surface area contributed by atoms with Crippen LogP contribution in [0.1, 0.15) is 56.9 Å². The first-order chi connectivity index (χ1) is 18.6. The van der Waals surface area contributed by atoms with Crippen LogP contribution in [0, 0.1) is 0 Å². The van der Waals surface area contributed by atoms with Crippen molar-refractivity contribution >= 4 is 18.0 Å². The van der Waals surface area contributed by atoms with Crippen LogP contribution < -0.4 is 5.32 Å². The minimum absolute atomic E-state index is 0.107. The monoisotopic (exact) mass is 536 g/mol. The molecule has 39 heavy (non-hydrogen) atoms. The molecule has 0 atom stereocenters. The summed E-state index contributed by atoms with van der Waals surface area (Å²) < 4.78 is 0. The normalized spacial score (nSPS) is 24.3. The van der Waals surface area contributed by atoms with Crippen LogP contribution in [0.2, 0.25) is 0 Å². The van der Waals surface area contributed by atoms with Crippen molar-refractivity contribution in [3.05, 3.63) is 60.2 Å². The van der Waals surface area contributed by atoms with Crippen LogP contribution >= 0.6 is 0 Å². The van der Waals surface area contributed by atoms with E-state index < -0.39 is 11.1 Å². The lowest BCUT2D eigenvalue weighted by atomic mass is 9.67. The first kappa shape index (κ1) is 29.1. The molecule has 0 bridgehead atoms. The summed E-state index contributed by atoms with van der Waals surface area (Å²) >= 11 is 0. The molecule has 0 spiro atoms. The van der Waals surface area contributed by atoms with E-state index in [2.05, 4.69) is 53.5 Å².